The Bertz CT molecular complexity index is 500. The minimum Gasteiger partial charge on any atom is -0.466 e. The lowest BCUT2D eigenvalue weighted by molar-refractivity contribution is -0.154. The smallest absolute Gasteiger partial charge is 0.311 e. The lowest BCUT2D eigenvalue weighted by Gasteiger charge is -2.26. The molecule has 0 N–H and O–H groups in total. The zero-order valence-corrected chi connectivity index (χ0v) is 21.4. The largest absolute Gasteiger partial charge is 0.466 e. The van der Waals surface area contributed by atoms with Gasteiger partial charge in [0.1, 0.15) is 0 Å². The molecule has 2 atom stereocenters. The number of unbranched alkanes of at least 4 members (excludes halogenated alkanes) is 3. The molecule has 0 radical (unpaired) electrons. The molecule has 184 valence electrons. The molecule has 0 amide bonds. The Hall–Kier alpha value is -1.14. The van der Waals surface area contributed by atoms with Crippen molar-refractivity contribution in [3.63, 3.8) is 0 Å². The second kappa shape index (κ2) is 15.6. The Morgan fingerprint density at radius 1 is 0.645 bits per heavy atom. The van der Waals surface area contributed by atoms with Crippen molar-refractivity contribution in [1.29, 1.82) is 0 Å². The van der Waals surface area contributed by atoms with Crippen LogP contribution in [0.15, 0.2) is 0 Å². The Balaban J connectivity index is 4.29. The maximum absolute atomic E-state index is 12.0. The predicted octanol–water partition coefficient (Wildman–Crippen LogP) is 5.71. The quantitative estimate of drug-likeness (QED) is 0.199. The summed E-state index contributed by atoms with van der Waals surface area (Å²) in [5, 5.41) is 0. The Morgan fingerprint density at radius 3 is 1.35 bits per heavy atom. The molecule has 31 heavy (non-hydrogen) atoms. The molecule has 0 aromatic carbocycles. The molecule has 0 aromatic heterocycles. The number of methoxy groups -OCH3 is 2. The maximum Gasteiger partial charge on any atom is 0.311 e. The molecule has 0 heterocycles. The number of hydrogen-bond donors (Lipinski definition) is 0. The summed E-state index contributed by atoms with van der Waals surface area (Å²) in [6.07, 6.45) is 8.58. The third kappa shape index (κ3) is 11.9. The van der Waals surface area contributed by atoms with E-state index in [-0.39, 0.29) is 24.1 Å². The molecule has 6 nitrogen and oxygen atoms in total. The second-order valence-electron chi connectivity index (χ2n) is 9.60. The third-order valence-corrected chi connectivity index (χ3v) is 6.01. The molecule has 0 aromatic rings. The fraction of sp³-hybridized carbons (Fsp3) is 0.920. The van der Waals surface area contributed by atoms with E-state index in [9.17, 15) is 9.59 Å². The van der Waals surface area contributed by atoms with Crippen LogP contribution >= 0.6 is 0 Å². The van der Waals surface area contributed by atoms with Gasteiger partial charge in [0, 0.05) is 14.2 Å². The molecular weight excluding hydrogens is 396 g/mol. The summed E-state index contributed by atoms with van der Waals surface area (Å²) in [6, 6.07) is 0. The molecule has 0 bridgehead atoms. The summed E-state index contributed by atoms with van der Waals surface area (Å²) in [5.41, 5.74) is -0.875. The van der Waals surface area contributed by atoms with Crippen molar-refractivity contribution in [3.8, 4) is 0 Å². The van der Waals surface area contributed by atoms with Gasteiger partial charge in [-0.2, -0.15) is 0 Å². The van der Waals surface area contributed by atoms with E-state index in [2.05, 4.69) is 0 Å². The zero-order valence-electron chi connectivity index (χ0n) is 21.4. The lowest BCUT2D eigenvalue weighted by Crippen LogP contribution is -2.30. The summed E-state index contributed by atoms with van der Waals surface area (Å²) in [7, 11) is 3.48. The SMILES string of the molecule is CCOC(=O)C(C)(C)CCCCC[C@@H](OC)[C@@H](CCCCC(C)(C)C(=O)OCC)OC. The first-order chi connectivity index (χ1) is 14.6. The van der Waals surface area contributed by atoms with E-state index in [1.54, 1.807) is 14.2 Å². The fourth-order valence-corrected chi connectivity index (χ4v) is 3.77. The normalized spacial score (nSPS) is 14.2. The Kier molecular flexibility index (Phi) is 15.1. The molecule has 0 aliphatic carbocycles. The van der Waals surface area contributed by atoms with Gasteiger partial charge in [0.15, 0.2) is 0 Å². The molecule has 0 aliphatic rings. The van der Waals surface area contributed by atoms with Crippen molar-refractivity contribution >= 4 is 11.9 Å². The molecule has 0 aliphatic heterocycles. The van der Waals surface area contributed by atoms with Crippen molar-refractivity contribution < 1.29 is 28.5 Å². The summed E-state index contributed by atoms with van der Waals surface area (Å²) < 4.78 is 21.7. The van der Waals surface area contributed by atoms with Gasteiger partial charge in [-0.15, -0.1) is 0 Å². The van der Waals surface area contributed by atoms with Gasteiger partial charge < -0.3 is 18.9 Å². The topological polar surface area (TPSA) is 71.1 Å². The van der Waals surface area contributed by atoms with E-state index in [0.29, 0.717) is 13.2 Å². The average Bonchev–Trinajstić information content (AvgIpc) is 2.71. The van der Waals surface area contributed by atoms with Crippen LogP contribution in [0.5, 0.6) is 0 Å². The van der Waals surface area contributed by atoms with Crippen molar-refractivity contribution in [2.45, 2.75) is 112 Å². The van der Waals surface area contributed by atoms with Gasteiger partial charge in [0.2, 0.25) is 0 Å². The van der Waals surface area contributed by atoms with Gasteiger partial charge >= 0.3 is 11.9 Å². The van der Waals surface area contributed by atoms with Crippen LogP contribution in [-0.4, -0.2) is 51.6 Å². The minimum absolute atomic E-state index is 0.0479. The first-order valence-corrected chi connectivity index (χ1v) is 12.0. The van der Waals surface area contributed by atoms with Crippen LogP contribution in [0.25, 0.3) is 0 Å². The Morgan fingerprint density at radius 2 is 1.00 bits per heavy atom. The summed E-state index contributed by atoms with van der Waals surface area (Å²) in [6.45, 7) is 12.3. The van der Waals surface area contributed by atoms with Crippen LogP contribution in [0.4, 0.5) is 0 Å². The van der Waals surface area contributed by atoms with Crippen LogP contribution in [0.1, 0.15) is 99.3 Å². The van der Waals surface area contributed by atoms with E-state index < -0.39 is 10.8 Å². The molecule has 0 fully saturated rings. The number of hydrogen-bond acceptors (Lipinski definition) is 6. The van der Waals surface area contributed by atoms with Crippen LogP contribution in [-0.2, 0) is 28.5 Å². The van der Waals surface area contributed by atoms with E-state index in [0.717, 1.165) is 57.8 Å². The summed E-state index contributed by atoms with van der Waals surface area (Å²) >= 11 is 0. The van der Waals surface area contributed by atoms with Crippen LogP contribution < -0.4 is 0 Å². The van der Waals surface area contributed by atoms with Gasteiger partial charge in [-0.25, -0.2) is 0 Å². The van der Waals surface area contributed by atoms with Gasteiger partial charge in [-0.1, -0.05) is 32.1 Å². The number of esters is 2. The number of carbonyl (C=O) groups excluding carboxylic acids is 2. The molecule has 0 spiro atoms. The van der Waals surface area contributed by atoms with Crippen molar-refractivity contribution in [3.05, 3.63) is 0 Å². The molecule has 0 unspecified atom stereocenters. The molecule has 0 saturated heterocycles. The van der Waals surface area contributed by atoms with Gasteiger partial charge in [0.25, 0.3) is 0 Å². The van der Waals surface area contributed by atoms with Crippen molar-refractivity contribution in [1.82, 2.24) is 0 Å². The summed E-state index contributed by atoms with van der Waals surface area (Å²) in [5.74, 6) is -0.241. The van der Waals surface area contributed by atoms with E-state index >= 15 is 0 Å². The second-order valence-corrected chi connectivity index (χ2v) is 9.60. The molecule has 6 heteroatoms. The van der Waals surface area contributed by atoms with Crippen molar-refractivity contribution in [2.24, 2.45) is 10.8 Å². The van der Waals surface area contributed by atoms with E-state index in [1.807, 2.05) is 41.5 Å². The standard InChI is InChI=1S/C25H48O6/c1-9-30-22(26)24(3,4)18-14-11-12-16-20(28-7)21(29-8)17-13-15-19-25(5,6)23(27)31-10-2/h20-21H,9-19H2,1-8H3/t20-,21-/m1/s1. The zero-order chi connectivity index (χ0) is 23.9. The van der Waals surface area contributed by atoms with Crippen molar-refractivity contribution in [2.75, 3.05) is 27.4 Å². The number of rotatable bonds is 18. The Labute approximate surface area is 190 Å². The van der Waals surface area contributed by atoms with Gasteiger partial charge in [0.05, 0.1) is 36.3 Å². The first-order valence-electron chi connectivity index (χ1n) is 12.0. The highest BCUT2D eigenvalue weighted by molar-refractivity contribution is 5.76. The predicted molar refractivity (Wildman–Crippen MR) is 124 cm³/mol. The average molecular weight is 445 g/mol. The highest BCUT2D eigenvalue weighted by Crippen LogP contribution is 2.28. The fourth-order valence-electron chi connectivity index (χ4n) is 3.77. The van der Waals surface area contributed by atoms with Gasteiger partial charge in [-0.05, 0) is 67.2 Å². The van der Waals surface area contributed by atoms with E-state index in [4.69, 9.17) is 18.9 Å². The molecule has 0 saturated carbocycles. The van der Waals surface area contributed by atoms with Gasteiger partial charge in [-0.3, -0.25) is 9.59 Å². The van der Waals surface area contributed by atoms with Crippen LogP contribution in [0.2, 0.25) is 0 Å². The maximum atomic E-state index is 12.0. The summed E-state index contributed by atoms with van der Waals surface area (Å²) in [4.78, 5) is 24.0. The minimum atomic E-state index is -0.448. The first kappa shape index (κ1) is 29.9. The van der Waals surface area contributed by atoms with Crippen LogP contribution in [0, 0.1) is 10.8 Å². The highest BCUT2D eigenvalue weighted by Gasteiger charge is 2.30. The molecular formula is C25H48O6. The van der Waals surface area contributed by atoms with Crippen LogP contribution in [0.3, 0.4) is 0 Å². The number of ether oxygens (including phenoxy) is 4. The third-order valence-electron chi connectivity index (χ3n) is 6.01. The molecule has 0 rings (SSSR count). The number of carbonyl (C=O) groups is 2. The lowest BCUT2D eigenvalue weighted by atomic mass is 9.86. The van der Waals surface area contributed by atoms with E-state index in [1.165, 1.54) is 0 Å². The monoisotopic (exact) mass is 444 g/mol. The highest BCUT2D eigenvalue weighted by atomic mass is 16.5.